The van der Waals surface area contributed by atoms with Crippen LogP contribution in [0, 0.1) is 0 Å². The molecular formula is C21H15F3N4O5. The maximum atomic E-state index is 13.0. The van der Waals surface area contributed by atoms with E-state index in [1.807, 2.05) is 0 Å². The lowest BCUT2D eigenvalue weighted by Gasteiger charge is -2.13. The Morgan fingerprint density at radius 3 is 2.55 bits per heavy atom. The second-order valence-electron chi connectivity index (χ2n) is 6.95. The van der Waals surface area contributed by atoms with Gasteiger partial charge in [0.15, 0.2) is 5.78 Å². The topological polar surface area (TPSA) is 112 Å². The molecule has 2 aromatic heterocycles. The van der Waals surface area contributed by atoms with Crippen molar-refractivity contribution in [3.63, 3.8) is 0 Å². The van der Waals surface area contributed by atoms with E-state index in [2.05, 4.69) is 20.1 Å². The number of nitrogens with zero attached hydrogens (tertiary/aromatic N) is 3. The number of hydrogen-bond donors (Lipinski definition) is 1. The van der Waals surface area contributed by atoms with Crippen LogP contribution in [0.4, 0.5) is 13.2 Å². The highest BCUT2D eigenvalue weighted by Crippen LogP contribution is 2.26. The fraction of sp³-hybridized carbons (Fsp3) is 0.190. The van der Waals surface area contributed by atoms with Crippen LogP contribution in [-0.4, -0.2) is 52.1 Å². The minimum Gasteiger partial charge on any atom is -0.406 e. The number of ether oxygens (including phenoxy) is 2. The third-order valence-corrected chi connectivity index (χ3v) is 4.65. The predicted molar refractivity (Wildman–Crippen MR) is 107 cm³/mol. The number of pyridine rings is 1. The number of halogens is 3. The first-order chi connectivity index (χ1) is 15.7. The molecule has 0 saturated carbocycles. The summed E-state index contributed by atoms with van der Waals surface area (Å²) in [6.07, 6.45) is -2.01. The van der Waals surface area contributed by atoms with Gasteiger partial charge in [0.05, 0.1) is 24.2 Å². The third kappa shape index (κ3) is 5.06. The number of amides is 1. The highest BCUT2D eigenvalue weighted by atomic mass is 19.4. The van der Waals surface area contributed by atoms with Gasteiger partial charge in [-0.1, -0.05) is 0 Å². The molecule has 9 nitrogen and oxygen atoms in total. The van der Waals surface area contributed by atoms with E-state index in [0.717, 1.165) is 16.8 Å². The Hall–Kier alpha value is -4.06. The van der Waals surface area contributed by atoms with Crippen molar-refractivity contribution in [2.24, 2.45) is 0 Å². The summed E-state index contributed by atoms with van der Waals surface area (Å²) in [5.74, 6) is -1.59. The number of Topliss-reactive ketones (excluding diaryl/α,β-unsaturated/α-hetero) is 1. The highest BCUT2D eigenvalue weighted by molar-refractivity contribution is 5.99. The van der Waals surface area contributed by atoms with Crippen LogP contribution in [0.5, 0.6) is 5.75 Å². The average molecular weight is 460 g/mol. The summed E-state index contributed by atoms with van der Waals surface area (Å²) in [5.41, 5.74) is -0.393. The molecule has 1 aliphatic heterocycles. The normalized spacial score (nSPS) is 16.0. The third-order valence-electron chi connectivity index (χ3n) is 4.65. The molecule has 33 heavy (non-hydrogen) atoms. The largest absolute Gasteiger partial charge is 0.573 e. The van der Waals surface area contributed by atoms with E-state index in [0.29, 0.717) is 5.56 Å². The second-order valence-corrected chi connectivity index (χ2v) is 6.95. The van der Waals surface area contributed by atoms with Crippen molar-refractivity contribution in [2.75, 3.05) is 13.2 Å². The summed E-state index contributed by atoms with van der Waals surface area (Å²) in [7, 11) is 0. The van der Waals surface area contributed by atoms with Gasteiger partial charge in [-0.2, -0.15) is 9.78 Å². The molecule has 4 rings (SSSR count). The summed E-state index contributed by atoms with van der Waals surface area (Å²) in [6.45, 7) is -0.154. The van der Waals surface area contributed by atoms with Crippen LogP contribution in [0.2, 0.25) is 0 Å². The van der Waals surface area contributed by atoms with Crippen LogP contribution in [0.25, 0.3) is 16.9 Å². The van der Waals surface area contributed by atoms with Crippen LogP contribution in [0.3, 0.4) is 0 Å². The Morgan fingerprint density at radius 1 is 1.18 bits per heavy atom. The quantitative estimate of drug-likeness (QED) is 0.619. The average Bonchev–Trinajstić information content (AvgIpc) is 3.18. The molecule has 0 unspecified atom stereocenters. The van der Waals surface area contributed by atoms with E-state index in [1.54, 1.807) is 12.1 Å². The van der Waals surface area contributed by atoms with Gasteiger partial charge in [0.1, 0.15) is 24.0 Å². The number of benzene rings is 1. The van der Waals surface area contributed by atoms with E-state index in [-0.39, 0.29) is 35.9 Å². The van der Waals surface area contributed by atoms with Crippen molar-refractivity contribution in [3.8, 4) is 22.7 Å². The smallest absolute Gasteiger partial charge is 0.406 e. The minimum atomic E-state index is -4.85. The van der Waals surface area contributed by atoms with Crippen molar-refractivity contribution in [3.05, 3.63) is 70.8 Å². The van der Waals surface area contributed by atoms with Gasteiger partial charge >= 0.3 is 6.36 Å². The van der Waals surface area contributed by atoms with E-state index < -0.39 is 29.6 Å². The second kappa shape index (κ2) is 8.82. The molecule has 0 bridgehead atoms. The molecule has 12 heteroatoms. The molecule has 1 fully saturated rings. The Bertz CT molecular complexity index is 1240. The molecule has 0 radical (unpaired) electrons. The van der Waals surface area contributed by atoms with Crippen molar-refractivity contribution >= 4 is 11.7 Å². The van der Waals surface area contributed by atoms with Crippen molar-refractivity contribution in [1.82, 2.24) is 20.1 Å². The van der Waals surface area contributed by atoms with Gasteiger partial charge in [0.25, 0.3) is 11.5 Å². The fourth-order valence-electron chi connectivity index (χ4n) is 3.11. The number of alkyl halides is 3. The fourth-order valence-corrected chi connectivity index (χ4v) is 3.11. The summed E-state index contributed by atoms with van der Waals surface area (Å²) in [4.78, 5) is 41.6. The lowest BCUT2D eigenvalue weighted by molar-refractivity contribution is -0.274. The van der Waals surface area contributed by atoms with E-state index in [1.165, 1.54) is 30.6 Å². The van der Waals surface area contributed by atoms with Crippen molar-refractivity contribution in [2.45, 2.75) is 12.4 Å². The zero-order valence-electron chi connectivity index (χ0n) is 16.7. The zero-order chi connectivity index (χ0) is 23.6. The molecule has 1 amide bonds. The minimum absolute atomic E-state index is 0.0139. The van der Waals surface area contributed by atoms with Gasteiger partial charge in [0.2, 0.25) is 0 Å². The summed E-state index contributed by atoms with van der Waals surface area (Å²) in [6, 6.07) is 8.18. The molecule has 0 spiro atoms. The first-order valence-corrected chi connectivity index (χ1v) is 9.53. The summed E-state index contributed by atoms with van der Waals surface area (Å²) in [5, 5.41) is 6.70. The Morgan fingerprint density at radius 2 is 1.94 bits per heavy atom. The lowest BCUT2D eigenvalue weighted by Crippen LogP contribution is -2.43. The zero-order valence-corrected chi connectivity index (χ0v) is 16.7. The molecule has 1 atom stereocenters. The molecule has 1 aromatic carbocycles. The van der Waals surface area contributed by atoms with Crippen LogP contribution in [0.1, 0.15) is 10.4 Å². The number of nitrogens with one attached hydrogen (secondary N) is 1. The number of carbonyl (C=O) groups excluding carboxylic acids is 2. The van der Waals surface area contributed by atoms with Gasteiger partial charge in [-0.05, 0) is 42.5 Å². The van der Waals surface area contributed by atoms with Gasteiger partial charge in [-0.25, -0.2) is 0 Å². The molecule has 1 saturated heterocycles. The Kier molecular flexibility index (Phi) is 5.92. The van der Waals surface area contributed by atoms with Gasteiger partial charge in [-0.15, -0.1) is 13.2 Å². The van der Waals surface area contributed by atoms with Crippen molar-refractivity contribution in [1.29, 1.82) is 0 Å². The monoisotopic (exact) mass is 460 g/mol. The molecule has 3 heterocycles. The molecule has 1 N–H and O–H groups in total. The van der Waals surface area contributed by atoms with Crippen LogP contribution >= 0.6 is 0 Å². The molecule has 3 aromatic rings. The van der Waals surface area contributed by atoms with Crippen LogP contribution in [0.15, 0.2) is 59.7 Å². The predicted octanol–water partition coefficient (Wildman–Crippen LogP) is 1.89. The van der Waals surface area contributed by atoms with Gasteiger partial charge < -0.3 is 14.8 Å². The standard InChI is InChI=1S/C21H15F3N4O5/c22-21(23,24)33-14-5-3-12(4-6-14)16-8-15(19(30)26-17-10-32-11-18(17)29)20(31)28(27-16)13-2-1-7-25-9-13/h1-9,17H,10-11H2,(H,26,30)/t17-/m0/s1. The maximum absolute atomic E-state index is 13.0. The number of aromatic nitrogens is 3. The van der Waals surface area contributed by atoms with E-state index in [9.17, 15) is 27.6 Å². The van der Waals surface area contributed by atoms with E-state index in [4.69, 9.17) is 4.74 Å². The van der Waals surface area contributed by atoms with Gasteiger partial charge in [0, 0.05) is 11.8 Å². The first-order valence-electron chi connectivity index (χ1n) is 9.53. The first kappa shape index (κ1) is 22.1. The lowest BCUT2D eigenvalue weighted by atomic mass is 10.1. The molecule has 1 aliphatic rings. The number of ketones is 1. The van der Waals surface area contributed by atoms with Crippen molar-refractivity contribution < 1.29 is 32.2 Å². The Labute approximate surface area is 183 Å². The number of rotatable bonds is 5. The SMILES string of the molecule is O=C(N[C@H]1COCC1=O)c1cc(-c2ccc(OC(F)(F)F)cc2)nn(-c2cccnc2)c1=O. The highest BCUT2D eigenvalue weighted by Gasteiger charge is 2.31. The summed E-state index contributed by atoms with van der Waals surface area (Å²) >= 11 is 0. The summed E-state index contributed by atoms with van der Waals surface area (Å²) < 4.78 is 47.1. The van der Waals surface area contributed by atoms with E-state index >= 15 is 0 Å². The Balaban J connectivity index is 1.75. The van der Waals surface area contributed by atoms with Crippen LogP contribution in [-0.2, 0) is 9.53 Å². The number of hydrogen-bond acceptors (Lipinski definition) is 7. The number of carbonyl (C=O) groups is 2. The van der Waals surface area contributed by atoms with Gasteiger partial charge in [-0.3, -0.25) is 19.4 Å². The molecular weight excluding hydrogens is 445 g/mol. The molecule has 170 valence electrons. The molecule has 0 aliphatic carbocycles. The maximum Gasteiger partial charge on any atom is 0.573 e. The van der Waals surface area contributed by atoms with Crippen LogP contribution < -0.4 is 15.6 Å².